The molecule has 0 radical (unpaired) electrons. The molecule has 2 aliphatic carbocycles. The molecule has 2 fully saturated rings. The van der Waals surface area contributed by atoms with Crippen LogP contribution in [0, 0.1) is 46.3 Å². The lowest BCUT2D eigenvalue weighted by molar-refractivity contribution is -0.191. The summed E-state index contributed by atoms with van der Waals surface area (Å²) in [5.74, 6) is -1.04. The Bertz CT molecular complexity index is 484. The molecule has 0 unspecified atom stereocenters. The molecule has 2 saturated carbocycles. The third kappa shape index (κ3) is 4.96. The third-order valence-electron chi connectivity index (χ3n) is 5.05. The van der Waals surface area contributed by atoms with Crippen LogP contribution in [0.3, 0.4) is 0 Å². The summed E-state index contributed by atoms with van der Waals surface area (Å²) >= 11 is 0. The average Bonchev–Trinajstić information content (AvgIpc) is 2.61. The average molecular weight is 332 g/mol. The summed E-state index contributed by atoms with van der Waals surface area (Å²) in [6.45, 7) is 1.55. The minimum absolute atomic E-state index is 0.0350. The standard InChI is InChI=1S/C18H24N2O4/c1-12(23-17(21)15-6-2-13(10-19)3-7-15)24-18(22)16-8-4-14(11-20)5-9-16/h12-16H,2-9H2,1H3/t13-,14-,15-,16-. The van der Waals surface area contributed by atoms with Crippen molar-refractivity contribution in [2.24, 2.45) is 23.7 Å². The zero-order valence-electron chi connectivity index (χ0n) is 14.1. The van der Waals surface area contributed by atoms with Gasteiger partial charge in [0.25, 0.3) is 0 Å². The summed E-state index contributed by atoms with van der Waals surface area (Å²) in [5.41, 5.74) is 0. The molecular weight excluding hydrogens is 308 g/mol. The predicted molar refractivity (Wildman–Crippen MR) is 83.8 cm³/mol. The molecule has 0 N–H and O–H groups in total. The van der Waals surface area contributed by atoms with Crippen LogP contribution in [0.25, 0.3) is 0 Å². The van der Waals surface area contributed by atoms with Gasteiger partial charge in [-0.25, -0.2) is 0 Å². The molecule has 2 aliphatic rings. The van der Waals surface area contributed by atoms with Crippen LogP contribution >= 0.6 is 0 Å². The highest BCUT2D eigenvalue weighted by molar-refractivity contribution is 5.74. The second kappa shape index (κ2) is 8.68. The predicted octanol–water partition coefficient (Wildman–Crippen LogP) is 3.08. The Hall–Kier alpha value is -2.08. The summed E-state index contributed by atoms with van der Waals surface area (Å²) in [7, 11) is 0. The maximum Gasteiger partial charge on any atom is 0.311 e. The molecule has 0 bridgehead atoms. The third-order valence-corrected chi connectivity index (χ3v) is 5.05. The lowest BCUT2D eigenvalue weighted by Crippen LogP contribution is -2.31. The number of ether oxygens (including phenoxy) is 2. The van der Waals surface area contributed by atoms with Crippen LogP contribution < -0.4 is 0 Å². The van der Waals surface area contributed by atoms with E-state index in [9.17, 15) is 9.59 Å². The molecule has 0 atom stereocenters. The maximum atomic E-state index is 12.1. The Balaban J connectivity index is 1.72. The van der Waals surface area contributed by atoms with E-state index >= 15 is 0 Å². The molecule has 6 nitrogen and oxygen atoms in total. The van der Waals surface area contributed by atoms with Crippen LogP contribution in [0.5, 0.6) is 0 Å². The van der Waals surface area contributed by atoms with E-state index in [1.54, 1.807) is 6.92 Å². The molecule has 0 heterocycles. The smallest absolute Gasteiger partial charge is 0.311 e. The molecule has 0 saturated heterocycles. The van der Waals surface area contributed by atoms with E-state index in [4.69, 9.17) is 20.0 Å². The van der Waals surface area contributed by atoms with E-state index in [1.165, 1.54) is 0 Å². The topological polar surface area (TPSA) is 100 Å². The first kappa shape index (κ1) is 18.3. The molecule has 24 heavy (non-hydrogen) atoms. The van der Waals surface area contributed by atoms with Gasteiger partial charge in [-0.3, -0.25) is 9.59 Å². The van der Waals surface area contributed by atoms with Gasteiger partial charge >= 0.3 is 11.9 Å². The van der Waals surface area contributed by atoms with Crippen molar-refractivity contribution in [1.82, 2.24) is 0 Å². The molecule has 130 valence electrons. The van der Waals surface area contributed by atoms with Gasteiger partial charge in [-0.05, 0) is 51.4 Å². The molecule has 0 aromatic heterocycles. The highest BCUT2D eigenvalue weighted by atomic mass is 16.7. The molecule has 0 aromatic rings. The molecule has 6 heteroatoms. The zero-order chi connectivity index (χ0) is 17.5. The van der Waals surface area contributed by atoms with Gasteiger partial charge in [0.05, 0.1) is 24.0 Å². The quantitative estimate of drug-likeness (QED) is 0.579. The normalized spacial score (nSPS) is 30.0. The number of carbonyl (C=O) groups excluding carboxylic acids is 2. The Morgan fingerprint density at radius 1 is 0.792 bits per heavy atom. The van der Waals surface area contributed by atoms with Crippen molar-refractivity contribution < 1.29 is 19.1 Å². The molecule has 0 aliphatic heterocycles. The lowest BCUT2D eigenvalue weighted by atomic mass is 9.83. The largest absolute Gasteiger partial charge is 0.425 e. The molecule has 2 rings (SSSR count). The fourth-order valence-corrected chi connectivity index (χ4v) is 3.46. The fraction of sp³-hybridized carbons (Fsp3) is 0.778. The second-order valence-corrected chi connectivity index (χ2v) is 6.80. The summed E-state index contributed by atoms with van der Waals surface area (Å²) in [6, 6.07) is 4.46. The van der Waals surface area contributed by atoms with Gasteiger partial charge < -0.3 is 9.47 Å². The highest BCUT2D eigenvalue weighted by Crippen LogP contribution is 2.31. The summed E-state index contributed by atoms with van der Waals surface area (Å²) < 4.78 is 10.5. The number of rotatable bonds is 4. The number of nitrogens with zero attached hydrogens (tertiary/aromatic N) is 2. The van der Waals surface area contributed by atoms with Crippen molar-refractivity contribution >= 4 is 11.9 Å². The van der Waals surface area contributed by atoms with E-state index in [1.807, 2.05) is 0 Å². The summed E-state index contributed by atoms with van der Waals surface area (Å²) in [4.78, 5) is 24.2. The van der Waals surface area contributed by atoms with Gasteiger partial charge in [-0.1, -0.05) is 0 Å². The van der Waals surface area contributed by atoms with E-state index in [2.05, 4.69) is 12.1 Å². The number of hydrogen-bond donors (Lipinski definition) is 0. The Kier molecular flexibility index (Phi) is 6.61. The second-order valence-electron chi connectivity index (χ2n) is 6.80. The van der Waals surface area contributed by atoms with E-state index in [0.29, 0.717) is 51.4 Å². The van der Waals surface area contributed by atoms with Gasteiger partial charge in [0.1, 0.15) is 0 Å². The van der Waals surface area contributed by atoms with Crippen molar-refractivity contribution in [1.29, 1.82) is 10.5 Å². The van der Waals surface area contributed by atoms with Crippen LogP contribution in [0.1, 0.15) is 58.3 Å². The Morgan fingerprint density at radius 3 is 1.42 bits per heavy atom. The first-order chi connectivity index (χ1) is 11.5. The molecule has 0 amide bonds. The minimum atomic E-state index is -0.896. The Morgan fingerprint density at radius 2 is 1.12 bits per heavy atom. The van der Waals surface area contributed by atoms with Crippen molar-refractivity contribution in [2.75, 3.05) is 0 Å². The van der Waals surface area contributed by atoms with Gasteiger partial charge in [-0.2, -0.15) is 10.5 Å². The first-order valence-corrected chi connectivity index (χ1v) is 8.73. The van der Waals surface area contributed by atoms with E-state index in [0.717, 1.165) is 0 Å². The maximum absolute atomic E-state index is 12.1. The van der Waals surface area contributed by atoms with E-state index in [-0.39, 0.29) is 35.6 Å². The van der Waals surface area contributed by atoms with Crippen LogP contribution in [-0.4, -0.2) is 18.2 Å². The monoisotopic (exact) mass is 332 g/mol. The molecule has 0 spiro atoms. The zero-order valence-corrected chi connectivity index (χ0v) is 14.1. The van der Waals surface area contributed by atoms with Crippen LogP contribution in [0.4, 0.5) is 0 Å². The van der Waals surface area contributed by atoms with Crippen LogP contribution in [0.15, 0.2) is 0 Å². The summed E-state index contributed by atoms with van der Waals surface area (Å²) in [6.07, 6.45) is 4.56. The van der Waals surface area contributed by atoms with Crippen molar-refractivity contribution in [2.45, 2.75) is 64.6 Å². The van der Waals surface area contributed by atoms with Gasteiger partial charge in [0, 0.05) is 18.8 Å². The SMILES string of the molecule is CC(OC(=O)[C@H]1CC[C@H](C#N)CC1)OC(=O)[C@H]1CC[C@H](C#N)CC1. The molecule has 0 aromatic carbocycles. The number of carbonyl (C=O) groups is 2. The van der Waals surface area contributed by atoms with Gasteiger partial charge in [0.2, 0.25) is 6.29 Å². The fourth-order valence-electron chi connectivity index (χ4n) is 3.46. The van der Waals surface area contributed by atoms with Gasteiger partial charge in [0.15, 0.2) is 0 Å². The number of nitriles is 2. The highest BCUT2D eigenvalue weighted by Gasteiger charge is 2.31. The minimum Gasteiger partial charge on any atom is -0.425 e. The molecular formula is C18H24N2O4. The van der Waals surface area contributed by atoms with Crippen molar-refractivity contribution in [3.05, 3.63) is 0 Å². The van der Waals surface area contributed by atoms with Crippen molar-refractivity contribution in [3.63, 3.8) is 0 Å². The summed E-state index contributed by atoms with van der Waals surface area (Å²) in [5, 5.41) is 17.7. The lowest BCUT2D eigenvalue weighted by Gasteiger charge is -2.26. The number of esters is 2. The van der Waals surface area contributed by atoms with Gasteiger partial charge in [-0.15, -0.1) is 0 Å². The first-order valence-electron chi connectivity index (χ1n) is 8.73. The Labute approximate surface area is 142 Å². The number of hydrogen-bond acceptors (Lipinski definition) is 6. The van der Waals surface area contributed by atoms with Crippen LogP contribution in [0.2, 0.25) is 0 Å². The van der Waals surface area contributed by atoms with E-state index < -0.39 is 6.29 Å². The van der Waals surface area contributed by atoms with Crippen molar-refractivity contribution in [3.8, 4) is 12.1 Å². The van der Waals surface area contributed by atoms with Crippen LogP contribution in [-0.2, 0) is 19.1 Å².